The number of aromatic nitrogens is 3. The Morgan fingerprint density at radius 1 is 1.05 bits per heavy atom. The predicted octanol–water partition coefficient (Wildman–Crippen LogP) is 3.38. The molecule has 3 aromatic carbocycles. The molecule has 2 amide bonds. The molecule has 0 atom stereocenters. The maximum absolute atomic E-state index is 13.6. The lowest BCUT2D eigenvalue weighted by atomic mass is 10.1. The lowest BCUT2D eigenvalue weighted by Gasteiger charge is -2.16. The highest BCUT2D eigenvalue weighted by Gasteiger charge is 2.35. The molecule has 5 aromatic rings. The number of methoxy groups -OCH3 is 1. The standard InChI is InChI=1S/C27H18ClN5O4S/c1-37-18-11-9-15(10-12-18)24-30-27-33(31-24)26(36)23(38-27)22-19-7-2-3-8-20(19)32(25(22)35)14-21(34)29-17-6-4-5-16(28)13-17/h2-13H,14H2,1H3,(H,29,34). The van der Waals surface area contributed by atoms with E-state index < -0.39 is 17.4 Å². The third kappa shape index (κ3) is 4.09. The number of amides is 2. The fourth-order valence-corrected chi connectivity index (χ4v) is 5.50. The van der Waals surface area contributed by atoms with E-state index in [9.17, 15) is 14.4 Å². The van der Waals surface area contributed by atoms with Gasteiger partial charge in [-0.1, -0.05) is 47.2 Å². The van der Waals surface area contributed by atoms with Crippen molar-refractivity contribution >= 4 is 56.7 Å². The average Bonchev–Trinajstić information content (AvgIpc) is 3.55. The van der Waals surface area contributed by atoms with E-state index in [2.05, 4.69) is 15.4 Å². The van der Waals surface area contributed by atoms with E-state index in [1.54, 1.807) is 67.8 Å². The largest absolute Gasteiger partial charge is 0.497 e. The first-order valence-electron chi connectivity index (χ1n) is 11.5. The van der Waals surface area contributed by atoms with Gasteiger partial charge in [0.25, 0.3) is 11.5 Å². The lowest BCUT2D eigenvalue weighted by molar-refractivity contribution is -0.118. The highest BCUT2D eigenvalue weighted by molar-refractivity contribution is 7.15. The van der Waals surface area contributed by atoms with Crippen molar-refractivity contribution in [3.05, 3.63) is 98.3 Å². The Morgan fingerprint density at radius 3 is 2.58 bits per heavy atom. The number of ether oxygens (including phenoxy) is 1. The van der Waals surface area contributed by atoms with Gasteiger partial charge in [-0.2, -0.15) is 9.50 Å². The number of nitrogens with one attached hydrogen (secondary N) is 1. The summed E-state index contributed by atoms with van der Waals surface area (Å²) in [7, 11) is 1.58. The molecule has 0 unspecified atom stereocenters. The van der Waals surface area contributed by atoms with Crippen LogP contribution in [0.4, 0.5) is 11.4 Å². The minimum absolute atomic E-state index is 0.219. The Balaban J connectivity index is 1.37. The first kappa shape index (κ1) is 23.8. The number of nitrogens with zero attached hydrogens (tertiary/aromatic N) is 4. The fraction of sp³-hybridized carbons (Fsp3) is 0.0741. The molecule has 0 saturated heterocycles. The van der Waals surface area contributed by atoms with Crippen molar-refractivity contribution in [2.24, 2.45) is 0 Å². The summed E-state index contributed by atoms with van der Waals surface area (Å²) >= 11 is 7.10. The topological polar surface area (TPSA) is 106 Å². The van der Waals surface area contributed by atoms with Crippen LogP contribution in [-0.2, 0) is 9.59 Å². The number of para-hydroxylation sites is 1. The van der Waals surface area contributed by atoms with Gasteiger partial charge in [-0.25, -0.2) is 0 Å². The summed E-state index contributed by atoms with van der Waals surface area (Å²) in [5.74, 6) is 0.252. The first-order valence-corrected chi connectivity index (χ1v) is 12.7. The molecule has 38 heavy (non-hydrogen) atoms. The summed E-state index contributed by atoms with van der Waals surface area (Å²) in [6, 6.07) is 21.0. The van der Waals surface area contributed by atoms with Gasteiger partial charge in [-0.3, -0.25) is 19.3 Å². The SMILES string of the molecule is COc1ccc(-c2nc3sc(=C4C(=O)N(CC(=O)Nc5cccc(Cl)c5)c5ccccc54)c(=O)n3n2)cc1. The van der Waals surface area contributed by atoms with Crippen molar-refractivity contribution < 1.29 is 14.3 Å². The van der Waals surface area contributed by atoms with Gasteiger partial charge in [0.15, 0.2) is 5.82 Å². The lowest BCUT2D eigenvalue weighted by Crippen LogP contribution is -2.37. The monoisotopic (exact) mass is 543 g/mol. The molecule has 0 spiro atoms. The second-order valence-corrected chi connectivity index (χ2v) is 9.85. The number of carbonyl (C=O) groups is 2. The molecule has 0 saturated carbocycles. The number of hydrogen-bond donors (Lipinski definition) is 1. The predicted molar refractivity (Wildman–Crippen MR) is 146 cm³/mol. The highest BCUT2D eigenvalue weighted by atomic mass is 35.5. The van der Waals surface area contributed by atoms with Crippen molar-refractivity contribution in [2.45, 2.75) is 0 Å². The summed E-state index contributed by atoms with van der Waals surface area (Å²) in [6.07, 6.45) is 0. The van der Waals surface area contributed by atoms with Gasteiger partial charge in [0.05, 0.1) is 18.4 Å². The Morgan fingerprint density at radius 2 is 1.84 bits per heavy atom. The molecule has 0 radical (unpaired) electrons. The van der Waals surface area contributed by atoms with E-state index in [1.165, 1.54) is 9.42 Å². The molecule has 6 rings (SSSR count). The van der Waals surface area contributed by atoms with Crippen LogP contribution in [0.1, 0.15) is 5.56 Å². The number of hydrogen-bond acceptors (Lipinski definition) is 7. The number of fused-ring (bicyclic) bond motifs is 2. The maximum Gasteiger partial charge on any atom is 0.291 e. The quantitative estimate of drug-likeness (QED) is 0.364. The number of rotatable bonds is 5. The minimum atomic E-state index is -0.444. The van der Waals surface area contributed by atoms with Crippen molar-refractivity contribution in [2.75, 3.05) is 23.9 Å². The number of thiazole rings is 1. The molecule has 0 fully saturated rings. The van der Waals surface area contributed by atoms with Crippen LogP contribution in [0.2, 0.25) is 5.02 Å². The molecule has 188 valence electrons. The van der Waals surface area contributed by atoms with Gasteiger partial charge >= 0.3 is 0 Å². The number of halogens is 1. The number of anilines is 2. The molecule has 0 bridgehead atoms. The molecule has 3 heterocycles. The van der Waals surface area contributed by atoms with E-state index in [4.69, 9.17) is 16.3 Å². The van der Waals surface area contributed by atoms with Crippen LogP contribution in [0.3, 0.4) is 0 Å². The number of carbonyl (C=O) groups excluding carboxylic acids is 2. The third-order valence-electron chi connectivity index (χ3n) is 6.07. The molecule has 9 nitrogen and oxygen atoms in total. The normalized spacial score (nSPS) is 14.2. The summed E-state index contributed by atoms with van der Waals surface area (Å²) in [4.78, 5) is 46.0. The summed E-state index contributed by atoms with van der Waals surface area (Å²) in [5.41, 5.74) is 2.15. The first-order chi connectivity index (χ1) is 18.4. The molecular formula is C27H18ClN5O4S. The van der Waals surface area contributed by atoms with Crippen LogP contribution >= 0.6 is 22.9 Å². The van der Waals surface area contributed by atoms with Crippen LogP contribution in [0, 0.1) is 0 Å². The smallest absolute Gasteiger partial charge is 0.291 e. The molecular weight excluding hydrogens is 526 g/mol. The van der Waals surface area contributed by atoms with Crippen LogP contribution in [0.5, 0.6) is 5.75 Å². The van der Waals surface area contributed by atoms with Crippen LogP contribution in [0.25, 0.3) is 21.9 Å². The molecule has 1 aliphatic heterocycles. The van der Waals surface area contributed by atoms with Gasteiger partial charge in [0, 0.05) is 21.8 Å². The van der Waals surface area contributed by atoms with Crippen molar-refractivity contribution in [3.8, 4) is 17.1 Å². The Labute approximate surface area is 224 Å². The van der Waals surface area contributed by atoms with Gasteiger partial charge in [0.2, 0.25) is 10.9 Å². The van der Waals surface area contributed by atoms with Crippen molar-refractivity contribution in [1.82, 2.24) is 14.6 Å². The summed E-state index contributed by atoms with van der Waals surface area (Å²) in [5, 5.41) is 7.62. The van der Waals surface area contributed by atoms with E-state index >= 15 is 0 Å². The van der Waals surface area contributed by atoms with E-state index in [-0.39, 0.29) is 16.7 Å². The zero-order valence-corrected chi connectivity index (χ0v) is 21.4. The van der Waals surface area contributed by atoms with Crippen LogP contribution in [-0.4, -0.2) is 40.1 Å². The van der Waals surface area contributed by atoms with E-state index in [0.717, 1.165) is 16.9 Å². The second-order valence-electron chi connectivity index (χ2n) is 8.44. The zero-order chi connectivity index (χ0) is 26.4. The van der Waals surface area contributed by atoms with Gasteiger partial charge in [0.1, 0.15) is 16.8 Å². The van der Waals surface area contributed by atoms with E-state index in [1.807, 2.05) is 12.1 Å². The minimum Gasteiger partial charge on any atom is -0.497 e. The highest BCUT2D eigenvalue weighted by Crippen LogP contribution is 2.35. The van der Waals surface area contributed by atoms with Gasteiger partial charge in [-0.05, 0) is 48.5 Å². The molecule has 1 N–H and O–H groups in total. The number of benzene rings is 3. The van der Waals surface area contributed by atoms with Crippen molar-refractivity contribution in [1.29, 1.82) is 0 Å². The van der Waals surface area contributed by atoms with Gasteiger partial charge in [-0.15, -0.1) is 5.10 Å². The average molecular weight is 544 g/mol. The molecule has 11 heteroatoms. The van der Waals surface area contributed by atoms with E-state index in [0.29, 0.717) is 38.5 Å². The second kappa shape index (κ2) is 9.40. The Kier molecular flexibility index (Phi) is 5.90. The molecule has 0 aliphatic carbocycles. The van der Waals surface area contributed by atoms with Crippen molar-refractivity contribution in [3.63, 3.8) is 0 Å². The fourth-order valence-electron chi connectivity index (χ4n) is 4.31. The Hall–Kier alpha value is -4.54. The van der Waals surface area contributed by atoms with Crippen LogP contribution in [0.15, 0.2) is 77.6 Å². The summed E-state index contributed by atoms with van der Waals surface area (Å²) < 4.78 is 6.61. The summed E-state index contributed by atoms with van der Waals surface area (Å²) in [6.45, 7) is -0.234. The van der Waals surface area contributed by atoms with Crippen LogP contribution < -0.4 is 25.0 Å². The molecule has 1 aliphatic rings. The van der Waals surface area contributed by atoms with Gasteiger partial charge < -0.3 is 10.1 Å². The molecule has 2 aromatic heterocycles. The zero-order valence-electron chi connectivity index (χ0n) is 19.8. The maximum atomic E-state index is 13.6. The Bertz CT molecular complexity index is 1850. The third-order valence-corrected chi connectivity index (χ3v) is 7.33.